The van der Waals surface area contributed by atoms with Crippen molar-refractivity contribution in [1.82, 2.24) is 5.32 Å². The van der Waals surface area contributed by atoms with Gasteiger partial charge < -0.3 is 15.2 Å². The predicted octanol–water partition coefficient (Wildman–Crippen LogP) is 5.82. The lowest BCUT2D eigenvalue weighted by Gasteiger charge is -2.65. The van der Waals surface area contributed by atoms with Gasteiger partial charge in [0.1, 0.15) is 18.5 Å². The lowest BCUT2D eigenvalue weighted by atomic mass is 9.39. The Kier molecular flexibility index (Phi) is 6.07. The molecular formula is C30H41NO2. The number of ether oxygens (including phenoxy) is 1. The number of nitrogens with one attached hydrogen (secondary N) is 1. The van der Waals surface area contributed by atoms with Crippen LogP contribution in [0.2, 0.25) is 0 Å². The van der Waals surface area contributed by atoms with E-state index in [0.717, 1.165) is 24.6 Å². The van der Waals surface area contributed by atoms with Crippen LogP contribution in [0.4, 0.5) is 0 Å². The second-order valence-corrected chi connectivity index (χ2v) is 12.3. The van der Waals surface area contributed by atoms with Crippen molar-refractivity contribution >= 4 is 0 Å². The summed E-state index contributed by atoms with van der Waals surface area (Å²) < 4.78 is 5.92. The van der Waals surface area contributed by atoms with Gasteiger partial charge in [0, 0.05) is 6.54 Å². The first kappa shape index (κ1) is 22.9. The molecule has 0 aromatic heterocycles. The summed E-state index contributed by atoms with van der Waals surface area (Å²) in [7, 11) is 0. The molecule has 4 fully saturated rings. The van der Waals surface area contributed by atoms with E-state index in [1.165, 1.54) is 55.2 Å². The molecule has 178 valence electrons. The van der Waals surface area contributed by atoms with Gasteiger partial charge in [-0.05, 0) is 104 Å². The Morgan fingerprint density at radius 1 is 0.939 bits per heavy atom. The molecule has 3 nitrogen and oxygen atoms in total. The van der Waals surface area contributed by atoms with Crippen molar-refractivity contribution in [2.45, 2.75) is 77.2 Å². The third kappa shape index (κ3) is 5.00. The fraction of sp³-hybridized carbons (Fsp3) is 0.600. The third-order valence-electron chi connectivity index (χ3n) is 8.63. The minimum Gasteiger partial charge on any atom is -0.491 e. The molecule has 2 aromatic carbocycles. The van der Waals surface area contributed by atoms with Crippen LogP contribution in [-0.4, -0.2) is 30.9 Å². The van der Waals surface area contributed by atoms with Crippen LogP contribution in [-0.2, 0) is 11.8 Å². The lowest BCUT2D eigenvalue weighted by molar-refractivity contribution is -0.110. The summed E-state index contributed by atoms with van der Waals surface area (Å²) in [5, 5.41) is 13.7. The summed E-state index contributed by atoms with van der Waals surface area (Å²) in [6, 6.07) is 17.5. The number of hydrogen-bond acceptors (Lipinski definition) is 3. The molecule has 0 radical (unpaired) electrons. The minimum atomic E-state index is -0.509. The van der Waals surface area contributed by atoms with Gasteiger partial charge in [-0.25, -0.2) is 0 Å². The molecule has 4 aliphatic rings. The maximum absolute atomic E-state index is 10.3. The first-order chi connectivity index (χ1) is 15.7. The van der Waals surface area contributed by atoms with E-state index in [1.807, 2.05) is 0 Å². The predicted molar refractivity (Wildman–Crippen MR) is 135 cm³/mol. The molecule has 0 saturated heterocycles. The molecule has 33 heavy (non-hydrogen) atoms. The molecule has 0 amide bonds. The van der Waals surface area contributed by atoms with Gasteiger partial charge in [-0.2, -0.15) is 0 Å². The highest BCUT2D eigenvalue weighted by Gasteiger charge is 2.60. The highest BCUT2D eigenvalue weighted by Crippen LogP contribution is 2.69. The van der Waals surface area contributed by atoms with Gasteiger partial charge in [0.05, 0.1) is 0 Å². The summed E-state index contributed by atoms with van der Waals surface area (Å²) in [6.45, 7) is 8.91. The number of aliphatic hydroxyl groups excluding tert-OH is 1. The van der Waals surface area contributed by atoms with E-state index in [0.29, 0.717) is 29.4 Å². The summed E-state index contributed by atoms with van der Waals surface area (Å²) >= 11 is 0. The Bertz CT molecular complexity index is 932. The van der Waals surface area contributed by atoms with Crippen molar-refractivity contribution in [3.05, 3.63) is 65.2 Å². The number of benzene rings is 2. The van der Waals surface area contributed by atoms with Crippen molar-refractivity contribution < 1.29 is 9.84 Å². The molecule has 4 saturated carbocycles. The molecule has 2 aromatic rings. The van der Waals surface area contributed by atoms with Gasteiger partial charge in [0.15, 0.2) is 0 Å². The van der Waals surface area contributed by atoms with Crippen molar-refractivity contribution in [3.63, 3.8) is 0 Å². The van der Waals surface area contributed by atoms with E-state index in [2.05, 4.69) is 74.6 Å². The fourth-order valence-corrected chi connectivity index (χ4v) is 8.18. The van der Waals surface area contributed by atoms with Crippen LogP contribution >= 0.6 is 0 Å². The Morgan fingerprint density at radius 2 is 1.61 bits per heavy atom. The number of aryl methyl sites for hydroxylation is 1. The zero-order valence-electron chi connectivity index (χ0n) is 20.7. The second kappa shape index (κ2) is 8.74. The zero-order chi connectivity index (χ0) is 23.1. The average Bonchev–Trinajstić information content (AvgIpc) is 2.74. The van der Waals surface area contributed by atoms with Crippen LogP contribution < -0.4 is 10.1 Å². The molecule has 2 N–H and O–H groups in total. The van der Waals surface area contributed by atoms with Crippen LogP contribution in [0.3, 0.4) is 0 Å². The van der Waals surface area contributed by atoms with Gasteiger partial charge >= 0.3 is 0 Å². The SMILES string of the molecule is Cc1ccc(CCNCC(O)COc2ccc(C34CC5C[C@@](C)(C3)C[C@](C)(C5)C4)cc2)cc1. The molecule has 6 rings (SSSR count). The van der Waals surface area contributed by atoms with Crippen LogP contribution in [0.25, 0.3) is 0 Å². The monoisotopic (exact) mass is 447 g/mol. The maximum atomic E-state index is 10.3. The molecule has 0 aliphatic heterocycles. The average molecular weight is 448 g/mol. The quantitative estimate of drug-likeness (QED) is 0.476. The minimum absolute atomic E-state index is 0.320. The highest BCUT2D eigenvalue weighted by atomic mass is 16.5. The topological polar surface area (TPSA) is 41.5 Å². The van der Waals surface area contributed by atoms with Gasteiger partial charge in [-0.15, -0.1) is 0 Å². The summed E-state index contributed by atoms with van der Waals surface area (Å²) in [4.78, 5) is 0. The standard InChI is InChI=1S/C30H41NO2/c1-22-4-6-23(7-5-22)12-13-31-17-26(32)18-33-27-10-8-25(9-11-27)30-16-24-14-28(2,20-30)19-29(3,15-24)21-30/h4-11,24,26,31-32H,12-21H2,1-3H3/t24?,26?,28-,29+,30?. The molecule has 0 spiro atoms. The van der Waals surface area contributed by atoms with Gasteiger partial charge in [0.2, 0.25) is 0 Å². The molecule has 3 unspecified atom stereocenters. The molecule has 3 heteroatoms. The smallest absolute Gasteiger partial charge is 0.119 e. The Hall–Kier alpha value is -1.84. The van der Waals surface area contributed by atoms with E-state index in [1.54, 1.807) is 0 Å². The number of aliphatic hydroxyl groups is 1. The van der Waals surface area contributed by atoms with Gasteiger partial charge in [-0.3, -0.25) is 0 Å². The van der Waals surface area contributed by atoms with E-state index < -0.39 is 6.10 Å². The van der Waals surface area contributed by atoms with Crippen molar-refractivity contribution in [2.75, 3.05) is 19.7 Å². The normalized spacial score (nSPS) is 33.3. The van der Waals surface area contributed by atoms with E-state index in [4.69, 9.17) is 4.74 Å². The van der Waals surface area contributed by atoms with Crippen molar-refractivity contribution in [1.29, 1.82) is 0 Å². The number of hydrogen-bond donors (Lipinski definition) is 2. The fourth-order valence-electron chi connectivity index (χ4n) is 8.18. The van der Waals surface area contributed by atoms with E-state index in [-0.39, 0.29) is 0 Å². The Labute approximate surface area is 199 Å². The lowest BCUT2D eigenvalue weighted by Crippen LogP contribution is -2.56. The summed E-state index contributed by atoms with van der Waals surface area (Å²) in [5.74, 6) is 1.76. The molecular weight excluding hydrogens is 406 g/mol. The van der Waals surface area contributed by atoms with Crippen LogP contribution in [0.1, 0.15) is 69.1 Å². The van der Waals surface area contributed by atoms with Crippen LogP contribution in [0.5, 0.6) is 5.75 Å². The Morgan fingerprint density at radius 3 is 2.24 bits per heavy atom. The molecule has 5 atom stereocenters. The summed E-state index contributed by atoms with van der Waals surface area (Å²) in [6.07, 6.45) is 8.80. The maximum Gasteiger partial charge on any atom is 0.119 e. The molecule has 4 bridgehead atoms. The van der Waals surface area contributed by atoms with Gasteiger partial charge in [0.25, 0.3) is 0 Å². The van der Waals surface area contributed by atoms with Crippen molar-refractivity contribution in [2.24, 2.45) is 16.7 Å². The molecule has 0 heterocycles. The first-order valence-electron chi connectivity index (χ1n) is 12.9. The first-order valence-corrected chi connectivity index (χ1v) is 12.9. The number of rotatable bonds is 9. The van der Waals surface area contributed by atoms with Crippen molar-refractivity contribution in [3.8, 4) is 5.75 Å². The van der Waals surface area contributed by atoms with Crippen LogP contribution in [0, 0.1) is 23.7 Å². The zero-order valence-corrected chi connectivity index (χ0v) is 20.7. The summed E-state index contributed by atoms with van der Waals surface area (Å²) in [5.41, 5.74) is 5.53. The van der Waals surface area contributed by atoms with Gasteiger partial charge in [-0.1, -0.05) is 55.8 Å². The van der Waals surface area contributed by atoms with Crippen LogP contribution in [0.15, 0.2) is 48.5 Å². The van der Waals surface area contributed by atoms with E-state index >= 15 is 0 Å². The third-order valence-corrected chi connectivity index (χ3v) is 8.63. The largest absolute Gasteiger partial charge is 0.491 e. The molecule has 4 aliphatic carbocycles. The van der Waals surface area contributed by atoms with E-state index in [9.17, 15) is 5.11 Å². The second-order valence-electron chi connectivity index (χ2n) is 12.3. The Balaban J connectivity index is 1.10. The highest BCUT2D eigenvalue weighted by molar-refractivity contribution is 5.36.